The molecule has 0 unspecified atom stereocenters. The Morgan fingerprint density at radius 2 is 2.31 bits per heavy atom. The minimum absolute atomic E-state index is 0.286. The summed E-state index contributed by atoms with van der Waals surface area (Å²) in [6.07, 6.45) is 0.710. The molecule has 0 fully saturated rings. The Labute approximate surface area is 80.2 Å². The first kappa shape index (κ1) is 9.75. The first-order chi connectivity index (χ1) is 6.11. The minimum Gasteiger partial charge on any atom is -0.477 e. The molecule has 1 aromatic heterocycles. The Kier molecular flexibility index (Phi) is 2.69. The van der Waals surface area contributed by atoms with Crippen molar-refractivity contribution in [1.29, 1.82) is 5.26 Å². The van der Waals surface area contributed by atoms with Crippen LogP contribution in [0.1, 0.15) is 32.6 Å². The van der Waals surface area contributed by atoms with Crippen LogP contribution >= 0.6 is 11.3 Å². The van der Waals surface area contributed by atoms with Crippen molar-refractivity contribution < 1.29 is 9.90 Å². The molecular formula is C9H9NO2S. The topological polar surface area (TPSA) is 61.1 Å². The van der Waals surface area contributed by atoms with Gasteiger partial charge in [-0.15, -0.1) is 11.3 Å². The molecule has 0 saturated carbocycles. The predicted molar refractivity (Wildman–Crippen MR) is 50.1 cm³/mol. The first-order valence-electron chi connectivity index (χ1n) is 3.87. The van der Waals surface area contributed by atoms with E-state index in [9.17, 15) is 4.79 Å². The van der Waals surface area contributed by atoms with Gasteiger partial charge in [-0.1, -0.05) is 6.92 Å². The lowest BCUT2D eigenvalue weighted by Gasteiger charge is -1.89. The second-order valence-electron chi connectivity index (χ2n) is 2.62. The van der Waals surface area contributed by atoms with E-state index in [1.54, 1.807) is 6.92 Å². The number of thiophene rings is 1. The van der Waals surface area contributed by atoms with Gasteiger partial charge in [0.05, 0.1) is 5.56 Å². The van der Waals surface area contributed by atoms with Crippen LogP contribution < -0.4 is 0 Å². The molecule has 68 valence electrons. The number of nitrogens with zero attached hydrogens (tertiary/aromatic N) is 1. The van der Waals surface area contributed by atoms with Crippen molar-refractivity contribution in [2.45, 2.75) is 20.3 Å². The Balaban J connectivity index is 3.37. The normalized spacial score (nSPS) is 9.62. The number of aryl methyl sites for hydroxylation is 1. The Hall–Kier alpha value is -1.34. The lowest BCUT2D eigenvalue weighted by atomic mass is 10.1. The molecule has 0 aliphatic heterocycles. The average molecular weight is 195 g/mol. The SMILES string of the molecule is CCc1sc(C(=O)O)c(C)c1C#N. The summed E-state index contributed by atoms with van der Waals surface area (Å²) in [5.41, 5.74) is 1.13. The quantitative estimate of drug-likeness (QED) is 0.786. The molecule has 0 amide bonds. The van der Waals surface area contributed by atoms with Gasteiger partial charge in [-0.25, -0.2) is 4.79 Å². The Morgan fingerprint density at radius 1 is 1.69 bits per heavy atom. The molecule has 1 N–H and O–H groups in total. The molecule has 4 heteroatoms. The van der Waals surface area contributed by atoms with E-state index in [4.69, 9.17) is 10.4 Å². The zero-order valence-electron chi connectivity index (χ0n) is 7.42. The molecule has 1 rings (SSSR count). The van der Waals surface area contributed by atoms with E-state index < -0.39 is 5.97 Å². The fraction of sp³-hybridized carbons (Fsp3) is 0.333. The highest BCUT2D eigenvalue weighted by molar-refractivity contribution is 7.14. The van der Waals surface area contributed by atoms with Crippen LogP contribution in [0, 0.1) is 18.3 Å². The highest BCUT2D eigenvalue weighted by atomic mass is 32.1. The van der Waals surface area contributed by atoms with Gasteiger partial charge in [0.25, 0.3) is 0 Å². The van der Waals surface area contributed by atoms with Crippen molar-refractivity contribution in [3.05, 3.63) is 20.9 Å². The molecule has 0 aliphatic carbocycles. The van der Waals surface area contributed by atoms with Crippen LogP contribution in [0.5, 0.6) is 0 Å². The molecule has 13 heavy (non-hydrogen) atoms. The Morgan fingerprint density at radius 3 is 2.62 bits per heavy atom. The van der Waals surface area contributed by atoms with Crippen LogP contribution in [-0.2, 0) is 6.42 Å². The number of hydrogen-bond donors (Lipinski definition) is 1. The standard InChI is InChI=1S/C9H9NO2S/c1-3-7-6(4-10)5(2)8(13-7)9(11)12/h3H2,1-2H3,(H,11,12). The van der Waals surface area contributed by atoms with Crippen LogP contribution in [0.4, 0.5) is 0 Å². The third kappa shape index (κ3) is 1.56. The van der Waals surface area contributed by atoms with Gasteiger partial charge in [-0.05, 0) is 18.9 Å². The maximum Gasteiger partial charge on any atom is 0.346 e. The summed E-state index contributed by atoms with van der Waals surface area (Å²) in [6.45, 7) is 3.59. The summed E-state index contributed by atoms with van der Waals surface area (Å²) in [5, 5.41) is 17.6. The van der Waals surface area contributed by atoms with Crippen molar-refractivity contribution in [2.24, 2.45) is 0 Å². The van der Waals surface area contributed by atoms with Gasteiger partial charge in [-0.3, -0.25) is 0 Å². The third-order valence-electron chi connectivity index (χ3n) is 1.85. The average Bonchev–Trinajstić information content (AvgIpc) is 2.41. The number of hydrogen-bond acceptors (Lipinski definition) is 3. The summed E-state index contributed by atoms with van der Waals surface area (Å²) < 4.78 is 0. The predicted octanol–water partition coefficient (Wildman–Crippen LogP) is 2.19. The van der Waals surface area contributed by atoms with E-state index in [2.05, 4.69) is 0 Å². The largest absolute Gasteiger partial charge is 0.477 e. The molecule has 0 radical (unpaired) electrons. The van der Waals surface area contributed by atoms with Crippen LogP contribution in [-0.4, -0.2) is 11.1 Å². The second-order valence-corrected chi connectivity index (χ2v) is 3.73. The first-order valence-corrected chi connectivity index (χ1v) is 4.69. The van der Waals surface area contributed by atoms with Gasteiger partial charge in [0.2, 0.25) is 0 Å². The molecule has 0 aliphatic rings. The van der Waals surface area contributed by atoms with E-state index in [-0.39, 0.29) is 4.88 Å². The maximum absolute atomic E-state index is 10.7. The van der Waals surface area contributed by atoms with Gasteiger partial charge in [0.1, 0.15) is 10.9 Å². The van der Waals surface area contributed by atoms with Gasteiger partial charge >= 0.3 is 5.97 Å². The summed E-state index contributed by atoms with van der Waals surface area (Å²) in [7, 11) is 0. The smallest absolute Gasteiger partial charge is 0.346 e. The van der Waals surface area contributed by atoms with Gasteiger partial charge < -0.3 is 5.11 Å². The zero-order valence-corrected chi connectivity index (χ0v) is 8.23. The van der Waals surface area contributed by atoms with Gasteiger partial charge in [-0.2, -0.15) is 5.26 Å². The molecule has 0 atom stereocenters. The molecule has 1 heterocycles. The number of rotatable bonds is 2. The van der Waals surface area contributed by atoms with E-state index >= 15 is 0 Å². The second kappa shape index (κ2) is 3.58. The van der Waals surface area contributed by atoms with Gasteiger partial charge in [0.15, 0.2) is 0 Å². The zero-order chi connectivity index (χ0) is 10.0. The summed E-state index contributed by atoms with van der Waals surface area (Å²) in [4.78, 5) is 11.9. The van der Waals surface area contributed by atoms with Crippen molar-refractivity contribution in [2.75, 3.05) is 0 Å². The van der Waals surface area contributed by atoms with Crippen LogP contribution in [0.3, 0.4) is 0 Å². The van der Waals surface area contributed by atoms with E-state index in [0.29, 0.717) is 17.5 Å². The molecular weight excluding hydrogens is 186 g/mol. The Bertz CT molecular complexity index is 387. The lowest BCUT2D eigenvalue weighted by molar-refractivity contribution is 0.0701. The number of carboxylic acids is 1. The number of aromatic carboxylic acids is 1. The summed E-state index contributed by atoms with van der Waals surface area (Å²) in [6, 6.07) is 2.04. The number of carboxylic acid groups (broad SMARTS) is 1. The summed E-state index contributed by atoms with van der Waals surface area (Å²) >= 11 is 1.20. The van der Waals surface area contributed by atoms with Crippen molar-refractivity contribution in [1.82, 2.24) is 0 Å². The highest BCUT2D eigenvalue weighted by Gasteiger charge is 2.17. The molecule has 1 aromatic rings. The van der Waals surface area contributed by atoms with E-state index in [1.807, 2.05) is 13.0 Å². The van der Waals surface area contributed by atoms with E-state index in [0.717, 1.165) is 4.88 Å². The van der Waals surface area contributed by atoms with Crippen LogP contribution in [0.2, 0.25) is 0 Å². The fourth-order valence-electron chi connectivity index (χ4n) is 1.17. The van der Waals surface area contributed by atoms with Crippen LogP contribution in [0.25, 0.3) is 0 Å². The van der Waals surface area contributed by atoms with Crippen LogP contribution in [0.15, 0.2) is 0 Å². The lowest BCUT2D eigenvalue weighted by Crippen LogP contribution is -1.94. The molecule has 0 aromatic carbocycles. The fourth-order valence-corrected chi connectivity index (χ4v) is 2.21. The monoisotopic (exact) mass is 195 g/mol. The highest BCUT2D eigenvalue weighted by Crippen LogP contribution is 2.27. The molecule has 0 bridgehead atoms. The molecule has 3 nitrogen and oxygen atoms in total. The van der Waals surface area contributed by atoms with Crippen molar-refractivity contribution in [3.63, 3.8) is 0 Å². The minimum atomic E-state index is -0.946. The van der Waals surface area contributed by atoms with Gasteiger partial charge in [0, 0.05) is 4.88 Å². The molecule has 0 saturated heterocycles. The number of carbonyl (C=O) groups is 1. The number of nitriles is 1. The third-order valence-corrected chi connectivity index (χ3v) is 3.27. The van der Waals surface area contributed by atoms with Crippen molar-refractivity contribution in [3.8, 4) is 6.07 Å². The summed E-state index contributed by atoms with van der Waals surface area (Å²) in [5.74, 6) is -0.946. The maximum atomic E-state index is 10.7. The molecule has 0 spiro atoms. The van der Waals surface area contributed by atoms with Crippen molar-refractivity contribution >= 4 is 17.3 Å². The van der Waals surface area contributed by atoms with E-state index in [1.165, 1.54) is 11.3 Å².